The average Bonchev–Trinajstić information content (AvgIpc) is 2.65. The van der Waals surface area contributed by atoms with Crippen molar-refractivity contribution in [1.29, 1.82) is 0 Å². The highest BCUT2D eigenvalue weighted by atomic mass is 16.3. The first-order valence-electron chi connectivity index (χ1n) is 4.83. The van der Waals surface area contributed by atoms with E-state index in [9.17, 15) is 14.7 Å². The smallest absolute Gasteiger partial charge is 0.255 e. The maximum Gasteiger partial charge on any atom is 0.255 e. The predicted molar refractivity (Wildman–Crippen MR) is 53.6 cm³/mol. The molecule has 0 bridgehead atoms. The van der Waals surface area contributed by atoms with E-state index < -0.39 is 6.10 Å². The van der Waals surface area contributed by atoms with Gasteiger partial charge in [-0.1, -0.05) is 0 Å². The number of aliphatic hydroxyl groups excluding tert-OH is 1. The van der Waals surface area contributed by atoms with Gasteiger partial charge in [0.2, 0.25) is 5.56 Å². The number of likely N-dealkylation sites (tertiary alicyclic amines) is 1. The van der Waals surface area contributed by atoms with Gasteiger partial charge < -0.3 is 15.0 Å². The summed E-state index contributed by atoms with van der Waals surface area (Å²) in [6.45, 7) is 0.942. The van der Waals surface area contributed by atoms with Gasteiger partial charge >= 0.3 is 0 Å². The second-order valence-corrected chi connectivity index (χ2v) is 3.64. The minimum Gasteiger partial charge on any atom is -0.391 e. The molecule has 1 aliphatic rings. The minimum absolute atomic E-state index is 0.150. The number of nitrogens with zero attached hydrogens (tertiary/aromatic N) is 1. The van der Waals surface area contributed by atoms with Crippen LogP contribution < -0.4 is 5.56 Å². The molecule has 2 rings (SSSR count). The van der Waals surface area contributed by atoms with Crippen LogP contribution in [0.15, 0.2) is 23.1 Å². The zero-order valence-corrected chi connectivity index (χ0v) is 8.14. The predicted octanol–water partition coefficient (Wildman–Crippen LogP) is -0.418. The van der Waals surface area contributed by atoms with E-state index in [2.05, 4.69) is 4.98 Å². The first-order chi connectivity index (χ1) is 7.16. The third-order valence-corrected chi connectivity index (χ3v) is 2.48. The zero-order chi connectivity index (χ0) is 10.8. The van der Waals surface area contributed by atoms with Crippen LogP contribution in [0.5, 0.6) is 0 Å². The second kappa shape index (κ2) is 3.86. The first-order valence-corrected chi connectivity index (χ1v) is 4.83. The van der Waals surface area contributed by atoms with Crippen LogP contribution in [-0.4, -0.2) is 40.1 Å². The molecule has 1 saturated heterocycles. The number of H-pyrrole nitrogens is 1. The lowest BCUT2D eigenvalue weighted by Gasteiger charge is -2.14. The Morgan fingerprint density at radius 3 is 2.87 bits per heavy atom. The number of pyridine rings is 1. The maximum atomic E-state index is 11.8. The Kier molecular flexibility index (Phi) is 2.55. The van der Waals surface area contributed by atoms with E-state index in [1.807, 2.05) is 0 Å². The monoisotopic (exact) mass is 208 g/mol. The van der Waals surface area contributed by atoms with Crippen molar-refractivity contribution in [3.05, 3.63) is 34.2 Å². The van der Waals surface area contributed by atoms with Crippen molar-refractivity contribution < 1.29 is 9.90 Å². The number of aromatic amines is 1. The van der Waals surface area contributed by atoms with Gasteiger partial charge in [0.1, 0.15) is 0 Å². The molecule has 1 aliphatic heterocycles. The maximum absolute atomic E-state index is 11.8. The second-order valence-electron chi connectivity index (χ2n) is 3.64. The van der Waals surface area contributed by atoms with Crippen LogP contribution >= 0.6 is 0 Å². The van der Waals surface area contributed by atoms with Crippen molar-refractivity contribution in [2.24, 2.45) is 0 Å². The van der Waals surface area contributed by atoms with Gasteiger partial charge in [-0.05, 0) is 12.5 Å². The molecule has 1 atom stereocenters. The van der Waals surface area contributed by atoms with Gasteiger partial charge in [-0.25, -0.2) is 0 Å². The molecule has 0 aliphatic carbocycles. The Bertz CT molecular complexity index is 406. The summed E-state index contributed by atoms with van der Waals surface area (Å²) in [5.41, 5.74) is 0.219. The molecule has 2 N–H and O–H groups in total. The quantitative estimate of drug-likeness (QED) is 0.658. The van der Waals surface area contributed by atoms with E-state index in [1.165, 1.54) is 18.3 Å². The molecule has 0 aromatic carbocycles. The summed E-state index contributed by atoms with van der Waals surface area (Å²) in [6, 6.07) is 2.81. The molecular weight excluding hydrogens is 196 g/mol. The molecule has 2 heterocycles. The highest BCUT2D eigenvalue weighted by molar-refractivity contribution is 5.94. The molecule has 1 amide bonds. The van der Waals surface area contributed by atoms with Gasteiger partial charge in [0.15, 0.2) is 0 Å². The highest BCUT2D eigenvalue weighted by Gasteiger charge is 2.25. The SMILES string of the molecule is O=C(c1ccc(=O)[nH]c1)N1CC[C@H](O)C1. The van der Waals surface area contributed by atoms with Gasteiger partial charge in [0, 0.05) is 25.4 Å². The van der Waals surface area contributed by atoms with Crippen molar-refractivity contribution in [3.63, 3.8) is 0 Å². The Balaban J connectivity index is 2.14. The molecule has 0 unspecified atom stereocenters. The lowest BCUT2D eigenvalue weighted by molar-refractivity contribution is 0.0764. The van der Waals surface area contributed by atoms with E-state index in [-0.39, 0.29) is 11.5 Å². The van der Waals surface area contributed by atoms with Gasteiger partial charge in [-0.15, -0.1) is 0 Å². The molecule has 1 aromatic heterocycles. The average molecular weight is 208 g/mol. The number of β-amino-alcohol motifs (C(OH)–C–C–N with tert-alkyl or cyclic N) is 1. The number of hydrogen-bond donors (Lipinski definition) is 2. The minimum atomic E-state index is -0.420. The number of aliphatic hydroxyl groups is 1. The van der Waals surface area contributed by atoms with Gasteiger partial charge in [-0.3, -0.25) is 9.59 Å². The number of hydrogen-bond acceptors (Lipinski definition) is 3. The number of nitrogens with one attached hydrogen (secondary N) is 1. The Hall–Kier alpha value is -1.62. The van der Waals surface area contributed by atoms with Crippen LogP contribution in [0.2, 0.25) is 0 Å². The highest BCUT2D eigenvalue weighted by Crippen LogP contribution is 2.12. The van der Waals surface area contributed by atoms with Crippen LogP contribution in [-0.2, 0) is 0 Å². The van der Waals surface area contributed by atoms with Crippen molar-refractivity contribution in [2.45, 2.75) is 12.5 Å². The van der Waals surface area contributed by atoms with Crippen LogP contribution in [0.1, 0.15) is 16.8 Å². The van der Waals surface area contributed by atoms with E-state index in [1.54, 1.807) is 4.90 Å². The van der Waals surface area contributed by atoms with Crippen LogP contribution in [0.25, 0.3) is 0 Å². The lowest BCUT2D eigenvalue weighted by Crippen LogP contribution is -2.29. The lowest BCUT2D eigenvalue weighted by atomic mass is 10.2. The van der Waals surface area contributed by atoms with Crippen LogP contribution in [0.3, 0.4) is 0 Å². The third-order valence-electron chi connectivity index (χ3n) is 2.48. The molecule has 0 saturated carbocycles. The molecular formula is C10H12N2O3. The summed E-state index contributed by atoms with van der Waals surface area (Å²) in [4.78, 5) is 26.6. The fourth-order valence-corrected chi connectivity index (χ4v) is 1.65. The number of rotatable bonds is 1. The van der Waals surface area contributed by atoms with Crippen molar-refractivity contribution in [2.75, 3.05) is 13.1 Å². The van der Waals surface area contributed by atoms with Gasteiger partial charge in [0.05, 0.1) is 11.7 Å². The summed E-state index contributed by atoms with van der Waals surface area (Å²) < 4.78 is 0. The fraction of sp³-hybridized carbons (Fsp3) is 0.400. The summed E-state index contributed by atoms with van der Waals surface area (Å²) in [6.07, 6.45) is 1.60. The molecule has 1 aromatic rings. The standard InChI is InChI=1S/C10H12N2O3/c13-8-3-4-12(6-8)10(15)7-1-2-9(14)11-5-7/h1-2,5,8,13H,3-4,6H2,(H,11,14)/t8-/m0/s1. The largest absolute Gasteiger partial charge is 0.391 e. The van der Waals surface area contributed by atoms with E-state index in [4.69, 9.17) is 0 Å². The van der Waals surface area contributed by atoms with Gasteiger partial charge in [0.25, 0.3) is 5.91 Å². The van der Waals surface area contributed by atoms with Crippen LogP contribution in [0.4, 0.5) is 0 Å². The normalized spacial score (nSPS) is 20.6. The summed E-state index contributed by atoms with van der Waals surface area (Å²) in [5.74, 6) is -0.150. The first kappa shape index (κ1) is 9.92. The summed E-state index contributed by atoms with van der Waals surface area (Å²) in [5, 5.41) is 9.29. The number of amides is 1. The topological polar surface area (TPSA) is 73.4 Å². The van der Waals surface area contributed by atoms with E-state index in [0.29, 0.717) is 25.1 Å². The zero-order valence-electron chi connectivity index (χ0n) is 8.14. The van der Waals surface area contributed by atoms with Crippen LogP contribution in [0, 0.1) is 0 Å². The molecule has 15 heavy (non-hydrogen) atoms. The molecule has 5 nitrogen and oxygen atoms in total. The van der Waals surface area contributed by atoms with Crippen molar-refractivity contribution >= 4 is 5.91 Å². The Labute approximate surface area is 86.3 Å². The Morgan fingerprint density at radius 2 is 2.33 bits per heavy atom. The number of aromatic nitrogens is 1. The summed E-state index contributed by atoms with van der Waals surface area (Å²) in [7, 11) is 0. The Morgan fingerprint density at radius 1 is 1.53 bits per heavy atom. The van der Waals surface area contributed by atoms with E-state index in [0.717, 1.165) is 0 Å². The molecule has 80 valence electrons. The number of carbonyl (C=O) groups excluding carboxylic acids is 1. The van der Waals surface area contributed by atoms with Crippen molar-refractivity contribution in [1.82, 2.24) is 9.88 Å². The molecule has 5 heteroatoms. The molecule has 0 radical (unpaired) electrons. The van der Waals surface area contributed by atoms with E-state index >= 15 is 0 Å². The third kappa shape index (κ3) is 2.07. The molecule has 0 spiro atoms. The molecule has 1 fully saturated rings. The van der Waals surface area contributed by atoms with Gasteiger partial charge in [-0.2, -0.15) is 0 Å². The fourth-order valence-electron chi connectivity index (χ4n) is 1.65. The summed E-state index contributed by atoms with van der Waals surface area (Å²) >= 11 is 0. The van der Waals surface area contributed by atoms with Crippen molar-refractivity contribution in [3.8, 4) is 0 Å². The number of carbonyl (C=O) groups is 1.